The van der Waals surface area contributed by atoms with Gasteiger partial charge in [0.15, 0.2) is 0 Å². The Morgan fingerprint density at radius 1 is 1.10 bits per heavy atom. The highest BCUT2D eigenvalue weighted by Crippen LogP contribution is 2.27. The van der Waals surface area contributed by atoms with Crippen molar-refractivity contribution in [3.05, 3.63) is 69.8 Å². The van der Waals surface area contributed by atoms with Crippen LogP contribution in [0, 0.1) is 21.4 Å². The standard InChI is InChI=1S/C15H12N2O3/c1-20-14-8-4-12(5-9-14)15(10-16)11-2-6-13(7-3-11)17(18)19/h2-9,15H,1H3. The smallest absolute Gasteiger partial charge is 0.269 e. The maximum Gasteiger partial charge on any atom is 0.269 e. The number of ether oxygens (including phenoxy) is 1. The maximum absolute atomic E-state index is 10.6. The molecule has 0 aromatic heterocycles. The maximum atomic E-state index is 10.6. The van der Waals surface area contributed by atoms with Crippen molar-refractivity contribution in [1.82, 2.24) is 0 Å². The lowest BCUT2D eigenvalue weighted by atomic mass is 9.92. The minimum atomic E-state index is -0.460. The van der Waals surface area contributed by atoms with Crippen LogP contribution in [0.5, 0.6) is 5.75 Å². The highest BCUT2D eigenvalue weighted by atomic mass is 16.6. The van der Waals surface area contributed by atoms with Gasteiger partial charge in [-0.15, -0.1) is 0 Å². The summed E-state index contributed by atoms with van der Waals surface area (Å²) in [7, 11) is 1.58. The second-order valence-electron chi connectivity index (χ2n) is 4.18. The first-order chi connectivity index (χ1) is 9.65. The second kappa shape index (κ2) is 5.85. The molecule has 1 unspecified atom stereocenters. The summed E-state index contributed by atoms with van der Waals surface area (Å²) in [6.07, 6.45) is 0. The number of nitro benzene ring substituents is 1. The largest absolute Gasteiger partial charge is 0.497 e. The molecule has 2 rings (SSSR count). The van der Waals surface area contributed by atoms with Crippen LogP contribution in [-0.2, 0) is 0 Å². The monoisotopic (exact) mass is 268 g/mol. The molecule has 100 valence electrons. The van der Waals surface area contributed by atoms with Crippen molar-refractivity contribution in [3.8, 4) is 11.8 Å². The SMILES string of the molecule is COc1ccc(C(C#N)c2ccc([N+](=O)[O-])cc2)cc1. The third-order valence-electron chi connectivity index (χ3n) is 3.02. The van der Waals surface area contributed by atoms with Crippen LogP contribution in [0.25, 0.3) is 0 Å². The lowest BCUT2D eigenvalue weighted by molar-refractivity contribution is -0.384. The fourth-order valence-corrected chi connectivity index (χ4v) is 1.93. The summed E-state index contributed by atoms with van der Waals surface area (Å²) in [5.74, 6) is 0.260. The molecule has 0 saturated carbocycles. The average molecular weight is 268 g/mol. The van der Waals surface area contributed by atoms with Gasteiger partial charge >= 0.3 is 0 Å². The van der Waals surface area contributed by atoms with E-state index in [0.717, 1.165) is 11.1 Å². The molecule has 0 saturated heterocycles. The quantitative estimate of drug-likeness (QED) is 0.630. The average Bonchev–Trinajstić information content (AvgIpc) is 2.49. The molecule has 5 heteroatoms. The molecule has 0 heterocycles. The van der Waals surface area contributed by atoms with Gasteiger partial charge in [0.25, 0.3) is 5.69 Å². The normalized spacial score (nSPS) is 11.4. The van der Waals surface area contributed by atoms with Crippen molar-refractivity contribution in [1.29, 1.82) is 5.26 Å². The van der Waals surface area contributed by atoms with E-state index in [4.69, 9.17) is 4.74 Å². The molecule has 2 aromatic rings. The van der Waals surface area contributed by atoms with Crippen LogP contribution in [0.4, 0.5) is 5.69 Å². The molecule has 0 aliphatic carbocycles. The van der Waals surface area contributed by atoms with Gasteiger partial charge in [0, 0.05) is 12.1 Å². The summed E-state index contributed by atoms with van der Waals surface area (Å²) in [5.41, 5.74) is 1.56. The van der Waals surface area contributed by atoms with Gasteiger partial charge in [-0.2, -0.15) is 5.26 Å². The van der Waals surface area contributed by atoms with Crippen molar-refractivity contribution in [2.24, 2.45) is 0 Å². The third-order valence-corrected chi connectivity index (χ3v) is 3.02. The molecule has 0 aliphatic rings. The molecule has 0 spiro atoms. The van der Waals surface area contributed by atoms with Gasteiger partial charge in [-0.1, -0.05) is 24.3 Å². The number of benzene rings is 2. The van der Waals surface area contributed by atoms with Crippen molar-refractivity contribution in [2.45, 2.75) is 5.92 Å². The predicted octanol–water partition coefficient (Wildman–Crippen LogP) is 3.26. The summed E-state index contributed by atoms with van der Waals surface area (Å²) in [6.45, 7) is 0. The lowest BCUT2D eigenvalue weighted by Crippen LogP contribution is -1.98. The van der Waals surface area contributed by atoms with Gasteiger partial charge in [0.2, 0.25) is 0 Å². The zero-order chi connectivity index (χ0) is 14.5. The van der Waals surface area contributed by atoms with Crippen LogP contribution < -0.4 is 4.74 Å². The molecule has 0 amide bonds. The Morgan fingerprint density at radius 3 is 2.00 bits per heavy atom. The van der Waals surface area contributed by atoms with E-state index in [1.54, 1.807) is 31.4 Å². The van der Waals surface area contributed by atoms with E-state index < -0.39 is 10.8 Å². The van der Waals surface area contributed by atoms with Crippen LogP contribution in [-0.4, -0.2) is 12.0 Å². The highest BCUT2D eigenvalue weighted by Gasteiger charge is 2.15. The Bertz CT molecular complexity index is 642. The van der Waals surface area contributed by atoms with Crippen molar-refractivity contribution >= 4 is 5.69 Å². The van der Waals surface area contributed by atoms with E-state index in [2.05, 4.69) is 6.07 Å². The molecular weight excluding hydrogens is 256 g/mol. The summed E-state index contributed by atoms with van der Waals surface area (Å²) >= 11 is 0. The van der Waals surface area contributed by atoms with E-state index in [0.29, 0.717) is 5.75 Å². The van der Waals surface area contributed by atoms with E-state index in [-0.39, 0.29) is 5.69 Å². The van der Waals surface area contributed by atoms with E-state index in [1.807, 2.05) is 12.1 Å². The zero-order valence-electron chi connectivity index (χ0n) is 10.8. The molecule has 0 N–H and O–H groups in total. The first-order valence-corrected chi connectivity index (χ1v) is 5.93. The summed E-state index contributed by atoms with van der Waals surface area (Å²) in [6, 6.07) is 15.4. The van der Waals surface area contributed by atoms with E-state index in [1.165, 1.54) is 12.1 Å². The molecule has 5 nitrogen and oxygen atoms in total. The Labute approximate surface area is 116 Å². The Hall–Kier alpha value is -2.87. The summed E-state index contributed by atoms with van der Waals surface area (Å²) < 4.78 is 5.07. The fourth-order valence-electron chi connectivity index (χ4n) is 1.93. The topological polar surface area (TPSA) is 76.2 Å². The number of non-ortho nitro benzene ring substituents is 1. The van der Waals surface area contributed by atoms with Gasteiger partial charge in [-0.05, 0) is 23.3 Å². The number of hydrogen-bond donors (Lipinski definition) is 0. The molecule has 2 aromatic carbocycles. The first kappa shape index (κ1) is 13.6. The molecule has 20 heavy (non-hydrogen) atoms. The third kappa shape index (κ3) is 2.75. The number of nitro groups is 1. The lowest BCUT2D eigenvalue weighted by Gasteiger charge is -2.10. The minimum Gasteiger partial charge on any atom is -0.497 e. The van der Waals surface area contributed by atoms with Gasteiger partial charge in [0.1, 0.15) is 5.75 Å². The van der Waals surface area contributed by atoms with Crippen LogP contribution in [0.2, 0.25) is 0 Å². The number of methoxy groups -OCH3 is 1. The first-order valence-electron chi connectivity index (χ1n) is 5.93. The van der Waals surface area contributed by atoms with Crippen LogP contribution >= 0.6 is 0 Å². The number of hydrogen-bond acceptors (Lipinski definition) is 4. The fraction of sp³-hybridized carbons (Fsp3) is 0.133. The van der Waals surface area contributed by atoms with Crippen molar-refractivity contribution < 1.29 is 9.66 Å². The van der Waals surface area contributed by atoms with Crippen LogP contribution in [0.15, 0.2) is 48.5 Å². The number of rotatable bonds is 4. The Morgan fingerprint density at radius 2 is 1.60 bits per heavy atom. The van der Waals surface area contributed by atoms with Gasteiger partial charge in [-0.25, -0.2) is 0 Å². The van der Waals surface area contributed by atoms with E-state index >= 15 is 0 Å². The molecule has 0 aliphatic heterocycles. The minimum absolute atomic E-state index is 0.0140. The van der Waals surface area contributed by atoms with Crippen molar-refractivity contribution in [2.75, 3.05) is 7.11 Å². The van der Waals surface area contributed by atoms with Gasteiger partial charge in [-0.3, -0.25) is 10.1 Å². The van der Waals surface area contributed by atoms with Gasteiger partial charge < -0.3 is 4.74 Å². The van der Waals surface area contributed by atoms with Crippen molar-refractivity contribution in [3.63, 3.8) is 0 Å². The zero-order valence-corrected chi connectivity index (χ0v) is 10.8. The molecule has 0 bridgehead atoms. The molecule has 1 atom stereocenters. The van der Waals surface area contributed by atoms with E-state index in [9.17, 15) is 15.4 Å². The molecular formula is C15H12N2O3. The number of nitrogens with zero attached hydrogens (tertiary/aromatic N) is 2. The van der Waals surface area contributed by atoms with Crippen LogP contribution in [0.1, 0.15) is 17.0 Å². The Balaban J connectivity index is 2.31. The summed E-state index contributed by atoms with van der Waals surface area (Å²) in [4.78, 5) is 10.2. The van der Waals surface area contributed by atoms with Crippen LogP contribution in [0.3, 0.4) is 0 Å². The second-order valence-corrected chi connectivity index (χ2v) is 4.18. The molecule has 0 fully saturated rings. The Kier molecular flexibility index (Phi) is 3.96. The van der Waals surface area contributed by atoms with Gasteiger partial charge in [0.05, 0.1) is 24.0 Å². The summed E-state index contributed by atoms with van der Waals surface area (Å²) in [5, 5.41) is 19.9. The predicted molar refractivity (Wildman–Crippen MR) is 73.5 cm³/mol. The number of nitriles is 1. The highest BCUT2D eigenvalue weighted by molar-refractivity contribution is 5.43. The molecule has 0 radical (unpaired) electrons.